The molecule has 26 heavy (non-hydrogen) atoms. The SMILES string of the molecule is C=CCCCCCC[C@@H]1[C@@H](CCCc2ccc(C(=O)O)s2)[C@H](Cl)C[C@H]1O. The van der Waals surface area contributed by atoms with Crippen molar-refractivity contribution >= 4 is 28.9 Å². The van der Waals surface area contributed by atoms with Crippen molar-refractivity contribution < 1.29 is 15.0 Å². The Hall–Kier alpha value is -0.840. The van der Waals surface area contributed by atoms with Crippen molar-refractivity contribution in [1.29, 1.82) is 0 Å². The van der Waals surface area contributed by atoms with Crippen LogP contribution in [0.15, 0.2) is 24.8 Å². The van der Waals surface area contributed by atoms with E-state index in [-0.39, 0.29) is 11.5 Å². The summed E-state index contributed by atoms with van der Waals surface area (Å²) in [6.07, 6.45) is 12.3. The van der Waals surface area contributed by atoms with Gasteiger partial charge in [-0.25, -0.2) is 4.79 Å². The number of aromatic carboxylic acids is 1. The molecular formula is C21H31ClO3S. The van der Waals surface area contributed by atoms with Crippen molar-refractivity contribution in [2.75, 3.05) is 0 Å². The summed E-state index contributed by atoms with van der Waals surface area (Å²) in [4.78, 5) is 12.5. The second-order valence-corrected chi connectivity index (χ2v) is 9.12. The Kier molecular flexibility index (Phi) is 9.17. The number of halogens is 1. The third kappa shape index (κ3) is 6.40. The van der Waals surface area contributed by atoms with Crippen LogP contribution in [-0.4, -0.2) is 27.7 Å². The lowest BCUT2D eigenvalue weighted by Gasteiger charge is -2.23. The van der Waals surface area contributed by atoms with Gasteiger partial charge in [0.1, 0.15) is 4.88 Å². The van der Waals surface area contributed by atoms with Crippen molar-refractivity contribution in [1.82, 2.24) is 0 Å². The van der Waals surface area contributed by atoms with Crippen molar-refractivity contribution in [3.63, 3.8) is 0 Å². The molecule has 1 saturated carbocycles. The summed E-state index contributed by atoms with van der Waals surface area (Å²) >= 11 is 7.89. The second kappa shape index (κ2) is 11.1. The van der Waals surface area contributed by atoms with Crippen LogP contribution >= 0.6 is 22.9 Å². The number of unbranched alkanes of at least 4 members (excludes halogenated alkanes) is 4. The molecule has 2 N–H and O–H groups in total. The van der Waals surface area contributed by atoms with Crippen LogP contribution < -0.4 is 0 Å². The van der Waals surface area contributed by atoms with Crippen LogP contribution in [0.25, 0.3) is 0 Å². The number of alkyl halides is 1. The van der Waals surface area contributed by atoms with Gasteiger partial charge in [0.2, 0.25) is 0 Å². The Labute approximate surface area is 166 Å². The Morgan fingerprint density at radius 2 is 1.92 bits per heavy atom. The first-order chi connectivity index (χ1) is 12.5. The van der Waals surface area contributed by atoms with Crippen molar-refractivity contribution in [3.05, 3.63) is 34.5 Å². The van der Waals surface area contributed by atoms with E-state index in [0.717, 1.165) is 43.4 Å². The molecule has 2 rings (SSSR count). The summed E-state index contributed by atoms with van der Waals surface area (Å²) in [7, 11) is 0. The van der Waals surface area contributed by atoms with E-state index in [4.69, 9.17) is 16.7 Å². The number of carbonyl (C=O) groups is 1. The number of rotatable bonds is 12. The molecule has 0 spiro atoms. The maximum Gasteiger partial charge on any atom is 0.345 e. The van der Waals surface area contributed by atoms with Gasteiger partial charge in [-0.1, -0.05) is 25.3 Å². The zero-order valence-corrected chi connectivity index (χ0v) is 17.0. The van der Waals surface area contributed by atoms with Crippen LogP contribution in [0, 0.1) is 11.8 Å². The highest BCUT2D eigenvalue weighted by Crippen LogP contribution is 2.42. The van der Waals surface area contributed by atoms with E-state index in [9.17, 15) is 9.90 Å². The number of hydrogen-bond acceptors (Lipinski definition) is 3. The lowest BCUT2D eigenvalue weighted by atomic mass is 9.86. The number of allylic oxidation sites excluding steroid dienone is 1. The molecule has 1 aliphatic rings. The molecule has 1 aliphatic carbocycles. The normalized spacial score (nSPS) is 25.5. The molecule has 4 atom stereocenters. The highest BCUT2D eigenvalue weighted by molar-refractivity contribution is 7.13. The first-order valence-electron chi connectivity index (χ1n) is 9.78. The van der Waals surface area contributed by atoms with Gasteiger partial charge < -0.3 is 10.2 Å². The van der Waals surface area contributed by atoms with Crippen molar-refractivity contribution in [3.8, 4) is 0 Å². The third-order valence-corrected chi connectivity index (χ3v) is 7.14. The summed E-state index contributed by atoms with van der Waals surface area (Å²) in [5.74, 6) is -0.164. The Morgan fingerprint density at radius 1 is 1.19 bits per heavy atom. The van der Waals surface area contributed by atoms with Crippen LogP contribution in [0.4, 0.5) is 0 Å². The molecule has 1 fully saturated rings. The summed E-state index contributed by atoms with van der Waals surface area (Å²) in [6, 6.07) is 3.59. The molecule has 0 amide bonds. The Balaban J connectivity index is 1.75. The van der Waals surface area contributed by atoms with E-state index in [1.165, 1.54) is 30.6 Å². The standard InChI is InChI=1S/C21H31ClO3S/c1-2-3-4-5-6-7-10-17-16(18(22)14-19(17)23)11-8-9-15-12-13-20(26-15)21(24)25/h2,12-13,16-19,23H,1,3-11,14H2,(H,24,25)/t16-,17-,18-,19-/m1/s1. The predicted octanol–water partition coefficient (Wildman–Crippen LogP) is 5.90. The number of aliphatic hydroxyl groups excluding tert-OH is 1. The average molecular weight is 399 g/mol. The highest BCUT2D eigenvalue weighted by Gasteiger charge is 2.40. The van der Waals surface area contributed by atoms with Gasteiger partial charge >= 0.3 is 5.97 Å². The van der Waals surface area contributed by atoms with Gasteiger partial charge in [-0.05, 0) is 68.9 Å². The minimum absolute atomic E-state index is 0.0636. The van der Waals surface area contributed by atoms with Crippen LogP contribution in [0.2, 0.25) is 0 Å². The number of hydrogen-bond donors (Lipinski definition) is 2. The Bertz CT molecular complexity index is 571. The molecule has 3 nitrogen and oxygen atoms in total. The van der Waals surface area contributed by atoms with E-state index in [1.807, 2.05) is 12.1 Å². The maximum atomic E-state index is 11.0. The quantitative estimate of drug-likeness (QED) is 0.262. The number of carboxylic acid groups (broad SMARTS) is 1. The minimum atomic E-state index is -0.853. The zero-order valence-electron chi connectivity index (χ0n) is 15.4. The zero-order chi connectivity index (χ0) is 18.9. The fourth-order valence-electron chi connectivity index (χ4n) is 4.10. The topological polar surface area (TPSA) is 57.5 Å². The van der Waals surface area contributed by atoms with Crippen LogP contribution in [0.3, 0.4) is 0 Å². The third-order valence-electron chi connectivity index (χ3n) is 5.50. The van der Waals surface area contributed by atoms with Crippen molar-refractivity contribution in [2.45, 2.75) is 75.7 Å². The molecule has 0 radical (unpaired) electrons. The lowest BCUT2D eigenvalue weighted by Crippen LogP contribution is -2.21. The monoisotopic (exact) mass is 398 g/mol. The highest BCUT2D eigenvalue weighted by atomic mass is 35.5. The summed E-state index contributed by atoms with van der Waals surface area (Å²) in [5, 5.41) is 19.5. The van der Waals surface area contributed by atoms with E-state index in [0.29, 0.717) is 23.1 Å². The molecule has 0 saturated heterocycles. The molecule has 1 aromatic heterocycles. The molecule has 1 aromatic rings. The number of aryl methyl sites for hydroxylation is 1. The molecule has 146 valence electrons. The first-order valence-corrected chi connectivity index (χ1v) is 11.0. The predicted molar refractivity (Wildman–Crippen MR) is 109 cm³/mol. The summed E-state index contributed by atoms with van der Waals surface area (Å²) in [6.45, 7) is 3.75. The van der Waals surface area contributed by atoms with Crippen LogP contribution in [-0.2, 0) is 6.42 Å². The van der Waals surface area contributed by atoms with Gasteiger partial charge in [0.25, 0.3) is 0 Å². The first kappa shape index (κ1) is 21.5. The van der Waals surface area contributed by atoms with Crippen LogP contribution in [0.5, 0.6) is 0 Å². The molecule has 0 aliphatic heterocycles. The van der Waals surface area contributed by atoms with E-state index < -0.39 is 5.97 Å². The van der Waals surface area contributed by atoms with Gasteiger partial charge in [0.15, 0.2) is 0 Å². The molecule has 0 unspecified atom stereocenters. The average Bonchev–Trinajstić information content (AvgIpc) is 3.17. The smallest absolute Gasteiger partial charge is 0.345 e. The fraction of sp³-hybridized carbons (Fsp3) is 0.667. The Morgan fingerprint density at radius 3 is 2.62 bits per heavy atom. The van der Waals surface area contributed by atoms with E-state index in [2.05, 4.69) is 6.58 Å². The lowest BCUT2D eigenvalue weighted by molar-refractivity contribution is 0.0702. The van der Waals surface area contributed by atoms with Gasteiger partial charge in [-0.2, -0.15) is 0 Å². The molecule has 5 heteroatoms. The van der Waals surface area contributed by atoms with Gasteiger partial charge in [-0.3, -0.25) is 0 Å². The molecule has 0 bridgehead atoms. The van der Waals surface area contributed by atoms with E-state index >= 15 is 0 Å². The fourth-order valence-corrected chi connectivity index (χ4v) is 5.48. The summed E-state index contributed by atoms with van der Waals surface area (Å²) < 4.78 is 0. The molecular weight excluding hydrogens is 368 g/mol. The number of aliphatic hydroxyl groups is 1. The van der Waals surface area contributed by atoms with Crippen LogP contribution in [0.1, 0.15) is 72.3 Å². The largest absolute Gasteiger partial charge is 0.477 e. The second-order valence-electron chi connectivity index (χ2n) is 7.39. The maximum absolute atomic E-state index is 11.0. The van der Waals surface area contributed by atoms with Gasteiger partial charge in [0.05, 0.1) is 6.10 Å². The van der Waals surface area contributed by atoms with E-state index in [1.54, 1.807) is 6.07 Å². The number of thiophene rings is 1. The minimum Gasteiger partial charge on any atom is -0.477 e. The van der Waals surface area contributed by atoms with Gasteiger partial charge in [-0.15, -0.1) is 29.5 Å². The van der Waals surface area contributed by atoms with Crippen molar-refractivity contribution in [2.24, 2.45) is 11.8 Å². The summed E-state index contributed by atoms with van der Waals surface area (Å²) in [5.41, 5.74) is 0. The van der Waals surface area contributed by atoms with Gasteiger partial charge in [0, 0.05) is 10.3 Å². The number of carboxylic acids is 1. The molecule has 1 heterocycles. The molecule has 0 aromatic carbocycles.